The second-order valence-electron chi connectivity index (χ2n) is 6.64. The fraction of sp³-hybridized carbons (Fsp3) is 0.533. The van der Waals surface area contributed by atoms with Crippen LogP contribution < -0.4 is 10.2 Å². The fourth-order valence-corrected chi connectivity index (χ4v) is 3.33. The number of carboxylic acid groups (broad SMARTS) is 1. The third-order valence-electron chi connectivity index (χ3n) is 4.23. The van der Waals surface area contributed by atoms with Crippen LogP contribution in [0, 0.1) is 0 Å². The first-order valence-corrected chi connectivity index (χ1v) is 6.95. The average Bonchev–Trinajstić information content (AvgIpc) is 2.73. The Labute approximate surface area is 118 Å². The summed E-state index contributed by atoms with van der Waals surface area (Å²) in [6, 6.07) is 1.71. The minimum Gasteiger partial charge on any atom is -0.506 e. The fourth-order valence-electron chi connectivity index (χ4n) is 3.33. The van der Waals surface area contributed by atoms with Crippen molar-refractivity contribution in [2.24, 2.45) is 0 Å². The van der Waals surface area contributed by atoms with E-state index in [1.165, 1.54) is 4.90 Å². The molecule has 2 aliphatic rings. The van der Waals surface area contributed by atoms with Gasteiger partial charge in [0.2, 0.25) is 0 Å². The van der Waals surface area contributed by atoms with Crippen molar-refractivity contribution in [2.75, 3.05) is 23.3 Å². The second-order valence-corrected chi connectivity index (χ2v) is 6.64. The van der Waals surface area contributed by atoms with Crippen molar-refractivity contribution in [1.82, 2.24) is 0 Å². The van der Waals surface area contributed by atoms with E-state index in [1.807, 2.05) is 0 Å². The van der Waals surface area contributed by atoms with Crippen LogP contribution in [0.15, 0.2) is 6.07 Å². The predicted octanol–water partition coefficient (Wildman–Crippen LogP) is 3.09. The summed E-state index contributed by atoms with van der Waals surface area (Å²) < 4.78 is 0. The molecule has 1 aromatic rings. The monoisotopic (exact) mass is 276 g/mol. The lowest BCUT2D eigenvalue weighted by molar-refractivity contribution is 0.202. The lowest BCUT2D eigenvalue weighted by Crippen LogP contribution is -2.28. The summed E-state index contributed by atoms with van der Waals surface area (Å²) in [5.41, 5.74) is 3.41. The smallest absolute Gasteiger partial charge is 0.411 e. The molecule has 0 radical (unpaired) electrons. The van der Waals surface area contributed by atoms with Gasteiger partial charge in [-0.3, -0.25) is 4.90 Å². The van der Waals surface area contributed by atoms with Crippen LogP contribution in [-0.4, -0.2) is 29.4 Å². The van der Waals surface area contributed by atoms with Crippen LogP contribution in [0.3, 0.4) is 0 Å². The second kappa shape index (κ2) is 4.04. The lowest BCUT2D eigenvalue weighted by Gasteiger charge is -2.30. The van der Waals surface area contributed by atoms with Crippen molar-refractivity contribution < 1.29 is 15.0 Å². The van der Waals surface area contributed by atoms with Gasteiger partial charge in [0.05, 0.1) is 5.69 Å². The average molecular weight is 276 g/mol. The molecular weight excluding hydrogens is 256 g/mol. The Bertz CT molecular complexity index is 590. The number of aromatic hydroxyl groups is 1. The van der Waals surface area contributed by atoms with Crippen LogP contribution in [0.2, 0.25) is 0 Å². The van der Waals surface area contributed by atoms with E-state index in [0.29, 0.717) is 12.2 Å². The van der Waals surface area contributed by atoms with Gasteiger partial charge in [-0.05, 0) is 23.5 Å². The zero-order chi connectivity index (χ0) is 14.7. The van der Waals surface area contributed by atoms with E-state index in [0.717, 1.165) is 29.8 Å². The number of rotatable bonds is 0. The molecule has 0 aliphatic carbocycles. The van der Waals surface area contributed by atoms with Gasteiger partial charge in [-0.15, -0.1) is 0 Å². The summed E-state index contributed by atoms with van der Waals surface area (Å²) >= 11 is 0. The van der Waals surface area contributed by atoms with Crippen molar-refractivity contribution in [2.45, 2.75) is 38.5 Å². The number of carbonyl (C=O) groups is 1. The van der Waals surface area contributed by atoms with E-state index in [9.17, 15) is 15.0 Å². The van der Waals surface area contributed by atoms with Gasteiger partial charge in [0.25, 0.3) is 0 Å². The molecule has 3 N–H and O–H groups in total. The molecule has 20 heavy (non-hydrogen) atoms. The topological polar surface area (TPSA) is 72.8 Å². The minimum atomic E-state index is -1.000. The Hall–Kier alpha value is -1.91. The summed E-state index contributed by atoms with van der Waals surface area (Å²) in [6.07, 6.45) is -0.100. The first kappa shape index (κ1) is 13.1. The van der Waals surface area contributed by atoms with Crippen LogP contribution >= 0.6 is 0 Å². The number of phenolic OH excluding ortho intramolecular Hbond substituents is 1. The zero-order valence-corrected chi connectivity index (χ0v) is 12.0. The van der Waals surface area contributed by atoms with Crippen molar-refractivity contribution in [1.29, 1.82) is 0 Å². The standard InChI is InChI=1S/C15H20N2O3/c1-15(2,3)9-6-10(18)13-11-8(4-5-16-12(9)11)7-17(13)14(19)20/h6,8,16,18H,4-5,7H2,1-3H3,(H,19,20). The first-order chi connectivity index (χ1) is 9.30. The molecule has 1 unspecified atom stereocenters. The molecule has 0 aromatic heterocycles. The molecule has 0 saturated carbocycles. The van der Waals surface area contributed by atoms with E-state index >= 15 is 0 Å². The first-order valence-electron chi connectivity index (χ1n) is 6.95. The summed E-state index contributed by atoms with van der Waals surface area (Å²) in [6.45, 7) is 7.58. The van der Waals surface area contributed by atoms with Crippen molar-refractivity contribution >= 4 is 17.5 Å². The number of benzene rings is 1. The van der Waals surface area contributed by atoms with Gasteiger partial charge in [-0.25, -0.2) is 4.79 Å². The molecule has 0 fully saturated rings. The quantitative estimate of drug-likeness (QED) is 0.637. The Kier molecular flexibility index (Phi) is 2.64. The molecule has 0 saturated heterocycles. The molecule has 2 aliphatic heterocycles. The molecule has 5 heteroatoms. The molecule has 2 heterocycles. The van der Waals surface area contributed by atoms with Crippen LogP contribution in [0.5, 0.6) is 5.75 Å². The third-order valence-corrected chi connectivity index (χ3v) is 4.23. The minimum absolute atomic E-state index is 0.0716. The van der Waals surface area contributed by atoms with Crippen LogP contribution in [0.1, 0.15) is 44.2 Å². The maximum absolute atomic E-state index is 11.4. The highest BCUT2D eigenvalue weighted by atomic mass is 16.4. The Morgan fingerprint density at radius 1 is 1.45 bits per heavy atom. The van der Waals surface area contributed by atoms with Gasteiger partial charge < -0.3 is 15.5 Å². The van der Waals surface area contributed by atoms with Gasteiger partial charge in [0.15, 0.2) is 0 Å². The number of anilines is 2. The van der Waals surface area contributed by atoms with Gasteiger partial charge in [-0.1, -0.05) is 20.8 Å². The molecule has 1 aromatic carbocycles. The molecule has 5 nitrogen and oxygen atoms in total. The maximum atomic E-state index is 11.4. The van der Waals surface area contributed by atoms with Crippen LogP contribution in [-0.2, 0) is 5.41 Å². The van der Waals surface area contributed by atoms with Gasteiger partial charge in [0, 0.05) is 30.3 Å². The highest BCUT2D eigenvalue weighted by molar-refractivity contribution is 5.95. The van der Waals surface area contributed by atoms with E-state index in [1.54, 1.807) is 6.07 Å². The number of nitrogens with zero attached hydrogens (tertiary/aromatic N) is 1. The van der Waals surface area contributed by atoms with Crippen LogP contribution in [0.25, 0.3) is 0 Å². The van der Waals surface area contributed by atoms with E-state index in [2.05, 4.69) is 26.1 Å². The highest BCUT2D eigenvalue weighted by Gasteiger charge is 2.40. The van der Waals surface area contributed by atoms with Gasteiger partial charge in [-0.2, -0.15) is 0 Å². The summed E-state index contributed by atoms with van der Waals surface area (Å²) in [7, 11) is 0. The Balaban J connectivity index is 2.27. The summed E-state index contributed by atoms with van der Waals surface area (Å²) in [4.78, 5) is 12.7. The largest absolute Gasteiger partial charge is 0.506 e. The van der Waals surface area contributed by atoms with Gasteiger partial charge >= 0.3 is 6.09 Å². The van der Waals surface area contributed by atoms with Crippen molar-refractivity contribution in [3.05, 3.63) is 17.2 Å². The number of hydrogen-bond acceptors (Lipinski definition) is 3. The van der Waals surface area contributed by atoms with E-state index in [-0.39, 0.29) is 17.1 Å². The SMILES string of the molecule is CC(C)(C)c1cc(O)c2c3c1NCCC3CN2C(=O)O. The molecule has 1 amide bonds. The molecule has 108 valence electrons. The van der Waals surface area contributed by atoms with E-state index < -0.39 is 6.09 Å². The Morgan fingerprint density at radius 2 is 2.15 bits per heavy atom. The van der Waals surface area contributed by atoms with Crippen LogP contribution in [0.4, 0.5) is 16.2 Å². The number of nitrogens with one attached hydrogen (secondary N) is 1. The maximum Gasteiger partial charge on any atom is 0.411 e. The molecule has 1 atom stereocenters. The molecule has 3 rings (SSSR count). The molecular formula is C15H20N2O3. The normalized spacial score (nSPS) is 20.6. The number of amides is 1. The summed E-state index contributed by atoms with van der Waals surface area (Å²) in [5.74, 6) is 0.257. The number of hydrogen-bond donors (Lipinski definition) is 3. The Morgan fingerprint density at radius 3 is 2.75 bits per heavy atom. The van der Waals surface area contributed by atoms with E-state index in [4.69, 9.17) is 0 Å². The lowest BCUT2D eigenvalue weighted by atomic mass is 9.80. The van der Waals surface area contributed by atoms with Crippen molar-refractivity contribution in [3.63, 3.8) is 0 Å². The zero-order valence-electron chi connectivity index (χ0n) is 12.0. The highest BCUT2D eigenvalue weighted by Crippen LogP contribution is 2.52. The summed E-state index contributed by atoms with van der Waals surface area (Å²) in [5, 5.41) is 23.1. The molecule has 0 bridgehead atoms. The molecule has 0 spiro atoms. The number of phenols is 1. The van der Waals surface area contributed by atoms with Gasteiger partial charge in [0.1, 0.15) is 5.75 Å². The third kappa shape index (κ3) is 1.72. The van der Waals surface area contributed by atoms with Crippen molar-refractivity contribution in [3.8, 4) is 5.75 Å². The predicted molar refractivity (Wildman–Crippen MR) is 78.0 cm³/mol.